The van der Waals surface area contributed by atoms with Crippen molar-refractivity contribution in [2.24, 2.45) is 0 Å². The molecule has 0 aliphatic carbocycles. The maximum absolute atomic E-state index is 13.5. The average molecular weight is 573 g/mol. The zero-order valence-electron chi connectivity index (χ0n) is 24.9. The third kappa shape index (κ3) is 17.7. The van der Waals surface area contributed by atoms with Crippen LogP contribution in [0.5, 0.6) is 0 Å². The molecule has 224 valence electrons. The van der Waals surface area contributed by atoms with E-state index >= 15 is 0 Å². The van der Waals surface area contributed by atoms with Gasteiger partial charge in [0.2, 0.25) is 0 Å². The van der Waals surface area contributed by atoms with Crippen molar-refractivity contribution in [1.29, 1.82) is 0 Å². The standard InChI is InChI=1S/C34H53O5P/c1-37-34(35)28-22-14-12-10-8-6-4-2-3-5-7-9-11-13-15-23-29-40(36,38-30-32-24-18-16-19-25-32)39-31-33-26-20-17-21-27-33/h16-21,24-27H,2-15,22-23,28-31H2,1H3. The molecule has 0 aliphatic rings. The molecule has 0 heterocycles. The number of unbranched alkanes of at least 4 members (excludes halogenated alkanes) is 15. The molecule has 5 nitrogen and oxygen atoms in total. The molecule has 6 heteroatoms. The summed E-state index contributed by atoms with van der Waals surface area (Å²) in [5.74, 6) is -0.0861. The van der Waals surface area contributed by atoms with Gasteiger partial charge in [0.15, 0.2) is 0 Å². The monoisotopic (exact) mass is 572 g/mol. The van der Waals surface area contributed by atoms with Gasteiger partial charge in [-0.15, -0.1) is 0 Å². The second kappa shape index (κ2) is 22.7. The molecule has 0 aliphatic heterocycles. The Morgan fingerprint density at radius 1 is 0.550 bits per heavy atom. The summed E-state index contributed by atoms with van der Waals surface area (Å²) >= 11 is 0. The molecule has 0 atom stereocenters. The van der Waals surface area contributed by atoms with Crippen LogP contribution in [0.15, 0.2) is 60.7 Å². The normalized spacial score (nSPS) is 11.5. The molecule has 0 saturated heterocycles. The van der Waals surface area contributed by atoms with Gasteiger partial charge in [-0.3, -0.25) is 9.36 Å². The quantitative estimate of drug-likeness (QED) is 0.0673. The number of ether oxygens (including phenoxy) is 1. The van der Waals surface area contributed by atoms with Crippen LogP contribution in [-0.4, -0.2) is 19.2 Å². The molecule has 2 aromatic rings. The number of rotatable bonds is 25. The molecule has 2 rings (SSSR count). The first kappa shape index (κ1) is 34.3. The van der Waals surface area contributed by atoms with Gasteiger partial charge < -0.3 is 13.8 Å². The third-order valence-electron chi connectivity index (χ3n) is 7.33. The van der Waals surface area contributed by atoms with Crippen LogP contribution in [0.1, 0.15) is 120 Å². The molecule has 0 unspecified atom stereocenters. The Morgan fingerprint density at radius 3 is 1.27 bits per heavy atom. The van der Waals surface area contributed by atoms with Crippen LogP contribution in [0, 0.1) is 0 Å². The van der Waals surface area contributed by atoms with Crippen molar-refractivity contribution in [2.75, 3.05) is 13.3 Å². The summed E-state index contributed by atoms with van der Waals surface area (Å²) in [5, 5.41) is 0. The van der Waals surface area contributed by atoms with Crippen LogP contribution in [0.3, 0.4) is 0 Å². The number of carbonyl (C=O) groups is 1. The molecule has 0 amide bonds. The van der Waals surface area contributed by atoms with Crippen molar-refractivity contribution in [2.45, 2.75) is 122 Å². The van der Waals surface area contributed by atoms with E-state index in [0.717, 1.165) is 36.8 Å². The van der Waals surface area contributed by atoms with Gasteiger partial charge in [0, 0.05) is 6.42 Å². The topological polar surface area (TPSA) is 61.8 Å². The van der Waals surface area contributed by atoms with Gasteiger partial charge in [0.25, 0.3) is 0 Å². The number of carbonyl (C=O) groups excluding carboxylic acids is 1. The molecule has 0 saturated carbocycles. The fourth-order valence-corrected chi connectivity index (χ4v) is 6.45. The van der Waals surface area contributed by atoms with E-state index in [1.807, 2.05) is 60.7 Å². The zero-order valence-corrected chi connectivity index (χ0v) is 25.8. The summed E-state index contributed by atoms with van der Waals surface area (Å²) in [6.45, 7) is 0.622. The summed E-state index contributed by atoms with van der Waals surface area (Å²) in [6.07, 6.45) is 20.7. The highest BCUT2D eigenvalue weighted by molar-refractivity contribution is 7.53. The molecule has 0 aromatic heterocycles. The average Bonchev–Trinajstić information content (AvgIpc) is 2.99. The summed E-state index contributed by atoms with van der Waals surface area (Å²) in [7, 11) is -1.70. The first-order chi connectivity index (χ1) is 19.6. The van der Waals surface area contributed by atoms with Gasteiger partial charge in [0.1, 0.15) is 0 Å². The Bertz CT molecular complexity index is 871. The highest BCUT2D eigenvalue weighted by Crippen LogP contribution is 2.50. The molecular weight excluding hydrogens is 519 g/mol. The molecule has 40 heavy (non-hydrogen) atoms. The van der Waals surface area contributed by atoms with Crippen LogP contribution in [0.4, 0.5) is 0 Å². The number of hydrogen-bond acceptors (Lipinski definition) is 5. The Morgan fingerprint density at radius 2 is 0.900 bits per heavy atom. The molecule has 0 fully saturated rings. The maximum Gasteiger partial charge on any atom is 0.331 e. The number of esters is 1. The molecule has 0 radical (unpaired) electrons. The smallest absolute Gasteiger partial charge is 0.331 e. The van der Waals surface area contributed by atoms with Gasteiger partial charge in [-0.1, -0.05) is 151 Å². The molecule has 0 bridgehead atoms. The highest BCUT2D eigenvalue weighted by Gasteiger charge is 2.24. The SMILES string of the molecule is COC(=O)CCCCCCCCCCCCCCCCCCP(=O)(OCc1ccccc1)OCc1ccccc1. The van der Waals surface area contributed by atoms with Crippen LogP contribution in [-0.2, 0) is 36.4 Å². The van der Waals surface area contributed by atoms with Crippen LogP contribution in [0.25, 0.3) is 0 Å². The summed E-state index contributed by atoms with van der Waals surface area (Å²) < 4.78 is 30.0. The van der Waals surface area contributed by atoms with E-state index in [1.165, 1.54) is 84.2 Å². The van der Waals surface area contributed by atoms with Gasteiger partial charge in [-0.05, 0) is 24.0 Å². The minimum atomic E-state index is -3.16. The third-order valence-corrected chi connectivity index (χ3v) is 9.24. The molecular formula is C34H53O5P. The van der Waals surface area contributed by atoms with Crippen LogP contribution in [0.2, 0.25) is 0 Å². The van der Waals surface area contributed by atoms with Crippen molar-refractivity contribution in [3.8, 4) is 0 Å². The lowest BCUT2D eigenvalue weighted by molar-refractivity contribution is -0.140. The highest BCUT2D eigenvalue weighted by atomic mass is 31.2. The zero-order chi connectivity index (χ0) is 28.6. The van der Waals surface area contributed by atoms with Crippen molar-refractivity contribution >= 4 is 13.6 Å². The maximum atomic E-state index is 13.5. The van der Waals surface area contributed by atoms with E-state index in [4.69, 9.17) is 9.05 Å². The minimum Gasteiger partial charge on any atom is -0.469 e. The minimum absolute atomic E-state index is 0.0861. The molecule has 0 spiro atoms. The summed E-state index contributed by atoms with van der Waals surface area (Å²) in [6, 6.07) is 19.8. The van der Waals surface area contributed by atoms with Crippen LogP contribution >= 0.6 is 7.60 Å². The fourth-order valence-electron chi connectivity index (χ4n) is 4.81. The second-order valence-electron chi connectivity index (χ2n) is 10.8. The van der Waals surface area contributed by atoms with Crippen molar-refractivity contribution in [3.63, 3.8) is 0 Å². The van der Waals surface area contributed by atoms with E-state index in [9.17, 15) is 9.36 Å². The Kier molecular flexibility index (Phi) is 19.5. The first-order valence-electron chi connectivity index (χ1n) is 15.6. The fraction of sp³-hybridized carbons (Fsp3) is 0.618. The van der Waals surface area contributed by atoms with Crippen LogP contribution < -0.4 is 0 Å². The van der Waals surface area contributed by atoms with Gasteiger partial charge >= 0.3 is 13.6 Å². The van der Waals surface area contributed by atoms with Gasteiger partial charge in [0.05, 0.1) is 26.5 Å². The number of hydrogen-bond donors (Lipinski definition) is 0. The largest absolute Gasteiger partial charge is 0.469 e. The van der Waals surface area contributed by atoms with Gasteiger partial charge in [-0.25, -0.2) is 0 Å². The van der Waals surface area contributed by atoms with E-state index < -0.39 is 7.60 Å². The predicted octanol–water partition coefficient (Wildman–Crippen LogP) is 10.4. The molecule has 0 N–H and O–H groups in total. The lowest BCUT2D eigenvalue weighted by Gasteiger charge is -2.19. The Balaban J connectivity index is 1.46. The Hall–Kier alpha value is -1.94. The second-order valence-corrected chi connectivity index (χ2v) is 13.0. The van der Waals surface area contributed by atoms with Crippen molar-refractivity contribution in [3.05, 3.63) is 71.8 Å². The molecule has 2 aromatic carbocycles. The lowest BCUT2D eigenvalue weighted by Crippen LogP contribution is -2.02. The first-order valence-corrected chi connectivity index (χ1v) is 17.4. The predicted molar refractivity (Wildman–Crippen MR) is 165 cm³/mol. The van der Waals surface area contributed by atoms with E-state index in [-0.39, 0.29) is 5.97 Å². The number of benzene rings is 2. The van der Waals surface area contributed by atoms with E-state index in [1.54, 1.807) is 0 Å². The van der Waals surface area contributed by atoms with E-state index in [2.05, 4.69) is 4.74 Å². The van der Waals surface area contributed by atoms with Crippen molar-refractivity contribution < 1.29 is 23.1 Å². The van der Waals surface area contributed by atoms with Crippen molar-refractivity contribution in [1.82, 2.24) is 0 Å². The van der Waals surface area contributed by atoms with Gasteiger partial charge in [-0.2, -0.15) is 0 Å². The summed E-state index contributed by atoms with van der Waals surface area (Å²) in [4.78, 5) is 11.1. The number of methoxy groups -OCH3 is 1. The summed E-state index contributed by atoms with van der Waals surface area (Å²) in [5.41, 5.74) is 2.02. The lowest BCUT2D eigenvalue weighted by atomic mass is 10.0. The van der Waals surface area contributed by atoms with E-state index in [0.29, 0.717) is 25.8 Å². The Labute approximate surface area is 243 Å².